The minimum Gasteiger partial charge on any atom is -0.508 e. The molecule has 0 aliphatic carbocycles. The van der Waals surface area contributed by atoms with Gasteiger partial charge in [0.1, 0.15) is 11.3 Å². The van der Waals surface area contributed by atoms with Crippen LogP contribution in [0.2, 0.25) is 0 Å². The van der Waals surface area contributed by atoms with E-state index < -0.39 is 41.2 Å². The molecule has 0 spiro atoms. The fourth-order valence-electron chi connectivity index (χ4n) is 4.93. The Bertz CT molecular complexity index is 992. The van der Waals surface area contributed by atoms with Crippen molar-refractivity contribution in [2.24, 2.45) is 11.8 Å². The first kappa shape index (κ1) is 20.1. The van der Waals surface area contributed by atoms with Crippen LogP contribution in [-0.2, 0) is 20.9 Å². The summed E-state index contributed by atoms with van der Waals surface area (Å²) in [5.74, 6) is -4.00. The van der Waals surface area contributed by atoms with Crippen LogP contribution < -0.4 is 5.32 Å². The molecule has 2 aliphatic rings. The number of benzene rings is 2. The number of hydrogen-bond acceptors (Lipinski definition) is 5. The summed E-state index contributed by atoms with van der Waals surface area (Å²) < 4.78 is 0. The highest BCUT2D eigenvalue weighted by molar-refractivity contribution is 6.09. The predicted molar refractivity (Wildman–Crippen MR) is 108 cm³/mol. The lowest BCUT2D eigenvalue weighted by Gasteiger charge is -2.31. The number of imide groups is 1. The number of carbonyl (C=O) groups excluding carboxylic acids is 2. The minimum atomic E-state index is -1.56. The molecule has 0 saturated carbocycles. The molecule has 7 heteroatoms. The van der Waals surface area contributed by atoms with Crippen LogP contribution in [0.15, 0.2) is 54.6 Å². The maximum absolute atomic E-state index is 13.4. The highest BCUT2D eigenvalue weighted by Gasteiger charge is 2.68. The second kappa shape index (κ2) is 7.57. The summed E-state index contributed by atoms with van der Waals surface area (Å²) in [6.45, 7) is 1.94. The maximum Gasteiger partial charge on any atom is 0.324 e. The molecule has 0 aromatic heterocycles. The van der Waals surface area contributed by atoms with Crippen LogP contribution in [0.25, 0.3) is 0 Å². The molecule has 7 nitrogen and oxygen atoms in total. The molecule has 0 bridgehead atoms. The van der Waals surface area contributed by atoms with Gasteiger partial charge in [0, 0.05) is 11.6 Å². The van der Waals surface area contributed by atoms with Gasteiger partial charge >= 0.3 is 5.97 Å². The number of phenols is 1. The van der Waals surface area contributed by atoms with Gasteiger partial charge in [0.15, 0.2) is 0 Å². The van der Waals surface area contributed by atoms with Crippen LogP contribution in [0.5, 0.6) is 5.75 Å². The molecule has 3 N–H and O–H groups in total. The number of carbonyl (C=O) groups is 3. The average Bonchev–Trinajstić information content (AvgIpc) is 3.20. The number of fused-ring (bicyclic) bond motifs is 1. The van der Waals surface area contributed by atoms with Crippen molar-refractivity contribution in [3.05, 3.63) is 65.7 Å². The number of hydrogen-bond donors (Lipinski definition) is 3. The Balaban J connectivity index is 1.80. The highest BCUT2D eigenvalue weighted by Crippen LogP contribution is 2.51. The molecular weight excluding hydrogens is 384 g/mol. The van der Waals surface area contributed by atoms with E-state index in [1.807, 2.05) is 37.3 Å². The number of aromatic hydroxyl groups is 1. The Hall–Kier alpha value is -3.19. The summed E-state index contributed by atoms with van der Waals surface area (Å²) >= 11 is 0. The van der Waals surface area contributed by atoms with E-state index in [0.29, 0.717) is 12.0 Å². The number of amides is 2. The Labute approximate surface area is 174 Å². The minimum absolute atomic E-state index is 0.0341. The van der Waals surface area contributed by atoms with E-state index in [0.717, 1.165) is 5.56 Å². The summed E-state index contributed by atoms with van der Waals surface area (Å²) in [6.07, 6.45) is 0.724. The van der Waals surface area contributed by atoms with Crippen LogP contribution >= 0.6 is 0 Å². The number of carboxylic acid groups (broad SMARTS) is 1. The molecule has 2 heterocycles. The van der Waals surface area contributed by atoms with Crippen molar-refractivity contribution in [3.8, 4) is 5.75 Å². The van der Waals surface area contributed by atoms with E-state index in [1.54, 1.807) is 18.2 Å². The number of likely N-dealkylation sites (tertiary alicyclic amines) is 1. The van der Waals surface area contributed by atoms with Gasteiger partial charge in [0.25, 0.3) is 0 Å². The lowest BCUT2D eigenvalue weighted by molar-refractivity contribution is -0.152. The molecule has 0 unspecified atom stereocenters. The van der Waals surface area contributed by atoms with Crippen molar-refractivity contribution in [3.63, 3.8) is 0 Å². The van der Waals surface area contributed by atoms with E-state index >= 15 is 0 Å². The monoisotopic (exact) mass is 408 g/mol. The van der Waals surface area contributed by atoms with Crippen molar-refractivity contribution < 1.29 is 24.6 Å². The van der Waals surface area contributed by atoms with Gasteiger partial charge in [-0.05, 0) is 18.1 Å². The van der Waals surface area contributed by atoms with Crippen molar-refractivity contribution in [1.29, 1.82) is 0 Å². The quantitative estimate of drug-likeness (QED) is 0.634. The van der Waals surface area contributed by atoms with Gasteiger partial charge in [-0.25, -0.2) is 0 Å². The summed E-state index contributed by atoms with van der Waals surface area (Å²) in [4.78, 5) is 40.4. The molecule has 30 heavy (non-hydrogen) atoms. The van der Waals surface area contributed by atoms with Crippen molar-refractivity contribution >= 4 is 17.8 Å². The largest absolute Gasteiger partial charge is 0.508 e. The number of rotatable bonds is 6. The number of phenolic OH excluding ortho intramolecular Hbond substituents is 1. The zero-order valence-electron chi connectivity index (χ0n) is 16.6. The van der Waals surface area contributed by atoms with Gasteiger partial charge in [-0.3, -0.25) is 24.6 Å². The number of nitrogens with one attached hydrogen (secondary N) is 1. The third kappa shape index (κ3) is 2.97. The molecule has 2 fully saturated rings. The first-order valence-corrected chi connectivity index (χ1v) is 10.1. The first-order valence-electron chi connectivity index (χ1n) is 10.1. The molecule has 2 saturated heterocycles. The van der Waals surface area contributed by atoms with Crippen LogP contribution in [0.3, 0.4) is 0 Å². The smallest absolute Gasteiger partial charge is 0.324 e. The van der Waals surface area contributed by atoms with E-state index in [-0.39, 0.29) is 18.7 Å². The van der Waals surface area contributed by atoms with E-state index in [1.165, 1.54) is 11.0 Å². The lowest BCUT2D eigenvalue weighted by Crippen LogP contribution is -2.55. The Kier molecular flexibility index (Phi) is 5.07. The van der Waals surface area contributed by atoms with E-state index in [9.17, 15) is 24.6 Å². The second-order valence-corrected chi connectivity index (χ2v) is 7.96. The van der Waals surface area contributed by atoms with Crippen LogP contribution in [0.4, 0.5) is 0 Å². The molecule has 4 atom stereocenters. The van der Waals surface area contributed by atoms with Gasteiger partial charge in [0.05, 0.1) is 18.4 Å². The second-order valence-electron chi connectivity index (χ2n) is 7.96. The average molecular weight is 408 g/mol. The Morgan fingerprint density at radius 3 is 2.37 bits per heavy atom. The molecule has 2 aliphatic heterocycles. The molecule has 2 amide bonds. The number of nitrogens with zero attached hydrogens (tertiary/aromatic N) is 1. The Morgan fingerprint density at radius 1 is 1.07 bits per heavy atom. The molecular formula is C23H24N2O5. The molecule has 2 aromatic carbocycles. The van der Waals surface area contributed by atoms with Crippen molar-refractivity contribution in [1.82, 2.24) is 10.2 Å². The van der Waals surface area contributed by atoms with Gasteiger partial charge in [0.2, 0.25) is 11.8 Å². The number of carboxylic acids is 1. The summed E-state index contributed by atoms with van der Waals surface area (Å²) in [5, 5.41) is 23.6. The summed E-state index contributed by atoms with van der Waals surface area (Å²) in [6, 6.07) is 14.9. The van der Waals surface area contributed by atoms with Gasteiger partial charge in [-0.2, -0.15) is 0 Å². The van der Waals surface area contributed by atoms with Crippen molar-refractivity contribution in [2.45, 2.75) is 37.9 Å². The number of aliphatic carboxylic acids is 1. The third-order valence-electron chi connectivity index (χ3n) is 6.23. The highest BCUT2D eigenvalue weighted by atomic mass is 16.4. The Morgan fingerprint density at radius 2 is 1.73 bits per heavy atom. The van der Waals surface area contributed by atoms with Gasteiger partial charge in [-0.1, -0.05) is 61.9 Å². The molecule has 4 rings (SSSR count). The predicted octanol–water partition coefficient (Wildman–Crippen LogP) is 2.46. The van der Waals surface area contributed by atoms with Crippen LogP contribution in [0, 0.1) is 11.8 Å². The lowest BCUT2D eigenvalue weighted by atomic mass is 9.77. The van der Waals surface area contributed by atoms with E-state index in [4.69, 9.17) is 0 Å². The topological polar surface area (TPSA) is 107 Å². The fraction of sp³-hybridized carbons (Fsp3) is 0.348. The molecule has 2 aromatic rings. The molecule has 0 radical (unpaired) electrons. The zero-order valence-corrected chi connectivity index (χ0v) is 16.6. The fourth-order valence-corrected chi connectivity index (χ4v) is 4.93. The van der Waals surface area contributed by atoms with Crippen LogP contribution in [0.1, 0.15) is 36.9 Å². The standard InChI is InChI=1S/C23H24N2O5/c1-2-12-23(22(29)30)18-17(19(24-23)15-10-6-7-11-16(15)26)20(27)25(21(18)28)13-14-8-4-3-5-9-14/h3-11,17-19,24,26H,2,12-13H2,1H3,(H,29,30)/t17-,18-,19+,23-/m0/s1. The SMILES string of the molecule is CCC[C@]1(C(=O)O)N[C@H](c2ccccc2O)[C@H]2C(=O)N(Cc3ccccc3)C(=O)[C@H]21. The van der Waals surface area contributed by atoms with E-state index in [2.05, 4.69) is 5.32 Å². The first-order chi connectivity index (χ1) is 14.4. The van der Waals surface area contributed by atoms with Gasteiger partial charge < -0.3 is 10.2 Å². The third-order valence-corrected chi connectivity index (χ3v) is 6.23. The summed E-state index contributed by atoms with van der Waals surface area (Å²) in [5.41, 5.74) is -0.345. The summed E-state index contributed by atoms with van der Waals surface area (Å²) in [7, 11) is 0. The zero-order chi connectivity index (χ0) is 21.5. The van der Waals surface area contributed by atoms with Crippen molar-refractivity contribution in [2.75, 3.05) is 0 Å². The normalized spacial score (nSPS) is 28.0. The molecule has 156 valence electrons. The van der Waals surface area contributed by atoms with Gasteiger partial charge in [-0.15, -0.1) is 0 Å². The van der Waals surface area contributed by atoms with Crippen LogP contribution in [-0.4, -0.2) is 38.4 Å². The number of para-hydroxylation sites is 1. The maximum atomic E-state index is 13.4.